The molecular weight excluding hydrogens is 520 g/mol. The minimum absolute atomic E-state index is 0.0794. The number of carbonyl (C=O) groups is 2. The number of amides is 2. The van der Waals surface area contributed by atoms with Crippen molar-refractivity contribution in [1.29, 1.82) is 0 Å². The van der Waals surface area contributed by atoms with Gasteiger partial charge in [0, 0.05) is 35.3 Å². The SMILES string of the molecule is Cc1cc(COc2ccc(C(=O)N[C@@H]3CN(S(=O)(=O)C(C)(C)C)CC[C@@H]3C(=O)NO)cc2)c2ccccc2n1. The summed E-state index contributed by atoms with van der Waals surface area (Å²) in [6.07, 6.45) is 0.155. The maximum absolute atomic E-state index is 13.1. The quantitative estimate of drug-likeness (QED) is 0.301. The second-order valence-corrected chi connectivity index (χ2v) is 13.4. The van der Waals surface area contributed by atoms with E-state index in [-0.39, 0.29) is 19.5 Å². The molecule has 0 radical (unpaired) electrons. The number of ether oxygens (including phenoxy) is 1. The first-order valence-electron chi connectivity index (χ1n) is 12.7. The molecule has 0 spiro atoms. The Bertz CT molecular complexity index is 1470. The van der Waals surface area contributed by atoms with Crippen LogP contribution in [0.5, 0.6) is 5.75 Å². The van der Waals surface area contributed by atoms with Crippen LogP contribution in [-0.4, -0.2) is 58.6 Å². The number of nitrogens with zero attached hydrogens (tertiary/aromatic N) is 2. The number of aromatic nitrogens is 1. The number of carbonyl (C=O) groups excluding carboxylic acids is 2. The van der Waals surface area contributed by atoms with Crippen LogP contribution in [0, 0.1) is 12.8 Å². The van der Waals surface area contributed by atoms with Crippen molar-refractivity contribution in [2.45, 2.75) is 51.5 Å². The minimum atomic E-state index is -3.67. The standard InChI is InChI=1S/C28H34N4O6S/c1-18-15-20(22-7-5-6-8-24(22)29-18)17-38-21-11-9-19(10-12-21)26(33)30-25-16-32(39(36,37)28(2,3)4)14-13-23(25)27(34)31-35/h5-12,15,23,25,35H,13-14,16-17H2,1-4H3,(H,30,33)(H,31,34)/t23-,25+/m0/s1. The van der Waals surface area contributed by atoms with Gasteiger partial charge in [0.1, 0.15) is 12.4 Å². The molecule has 2 atom stereocenters. The number of rotatable bonds is 7. The molecule has 208 valence electrons. The van der Waals surface area contributed by atoms with Crippen LogP contribution in [0.4, 0.5) is 0 Å². The fraction of sp³-hybridized carbons (Fsp3) is 0.393. The topological polar surface area (TPSA) is 138 Å². The molecule has 3 aromatic rings. The van der Waals surface area contributed by atoms with E-state index in [9.17, 15) is 23.2 Å². The normalized spacial score (nSPS) is 18.5. The number of sulfonamides is 1. The highest BCUT2D eigenvalue weighted by Crippen LogP contribution is 2.27. The maximum atomic E-state index is 13.1. The van der Waals surface area contributed by atoms with Crippen molar-refractivity contribution >= 4 is 32.7 Å². The van der Waals surface area contributed by atoms with E-state index in [4.69, 9.17) is 4.74 Å². The van der Waals surface area contributed by atoms with Gasteiger partial charge >= 0.3 is 0 Å². The van der Waals surface area contributed by atoms with Crippen molar-refractivity contribution in [3.63, 3.8) is 0 Å². The zero-order valence-electron chi connectivity index (χ0n) is 22.5. The van der Waals surface area contributed by atoms with E-state index in [0.717, 1.165) is 22.2 Å². The predicted octanol–water partition coefficient (Wildman–Crippen LogP) is 3.18. The Labute approximate surface area is 228 Å². The summed E-state index contributed by atoms with van der Waals surface area (Å²) in [5, 5.41) is 13.0. The van der Waals surface area contributed by atoms with Crippen molar-refractivity contribution in [3.8, 4) is 5.75 Å². The average Bonchev–Trinajstić information content (AvgIpc) is 2.90. The van der Waals surface area contributed by atoms with Crippen molar-refractivity contribution in [3.05, 3.63) is 71.4 Å². The first-order valence-corrected chi connectivity index (χ1v) is 14.2. The summed E-state index contributed by atoms with van der Waals surface area (Å²) in [5.41, 5.74) is 4.75. The van der Waals surface area contributed by atoms with Crippen molar-refractivity contribution < 1.29 is 28.0 Å². The molecule has 0 bridgehead atoms. The summed E-state index contributed by atoms with van der Waals surface area (Å²) >= 11 is 0. The molecule has 1 saturated heterocycles. The van der Waals surface area contributed by atoms with Crippen LogP contribution in [0.15, 0.2) is 54.6 Å². The Hall–Kier alpha value is -3.54. The van der Waals surface area contributed by atoms with E-state index in [2.05, 4.69) is 10.3 Å². The van der Waals surface area contributed by atoms with Gasteiger partial charge in [-0.3, -0.25) is 19.8 Å². The number of benzene rings is 2. The Balaban J connectivity index is 1.45. The largest absolute Gasteiger partial charge is 0.489 e. The molecule has 1 aliphatic heterocycles. The fourth-order valence-electron chi connectivity index (χ4n) is 4.70. The number of pyridine rings is 1. The molecule has 1 aromatic heterocycles. The first kappa shape index (κ1) is 28.5. The molecule has 0 unspecified atom stereocenters. The lowest BCUT2D eigenvalue weighted by Gasteiger charge is -2.39. The van der Waals surface area contributed by atoms with Gasteiger partial charge < -0.3 is 10.1 Å². The van der Waals surface area contributed by atoms with Gasteiger partial charge in [-0.25, -0.2) is 13.9 Å². The summed E-state index contributed by atoms with van der Waals surface area (Å²) in [4.78, 5) is 29.9. The van der Waals surface area contributed by atoms with E-state index in [1.54, 1.807) is 50.5 Å². The first-order chi connectivity index (χ1) is 18.4. The van der Waals surface area contributed by atoms with Gasteiger partial charge in [0.2, 0.25) is 15.9 Å². The number of nitrogens with one attached hydrogen (secondary N) is 2. The number of para-hydroxylation sites is 1. The van der Waals surface area contributed by atoms with Gasteiger partial charge in [-0.1, -0.05) is 18.2 Å². The van der Waals surface area contributed by atoms with E-state index >= 15 is 0 Å². The maximum Gasteiger partial charge on any atom is 0.251 e. The predicted molar refractivity (Wildman–Crippen MR) is 147 cm³/mol. The molecular formula is C28H34N4O6S. The van der Waals surface area contributed by atoms with Crippen LogP contribution in [0.25, 0.3) is 10.9 Å². The highest BCUT2D eigenvalue weighted by atomic mass is 32.2. The van der Waals surface area contributed by atoms with E-state index in [1.807, 2.05) is 37.3 Å². The minimum Gasteiger partial charge on any atom is -0.489 e. The second kappa shape index (κ2) is 11.3. The smallest absolute Gasteiger partial charge is 0.251 e. The Morgan fingerprint density at radius 2 is 1.82 bits per heavy atom. The third-order valence-electron chi connectivity index (χ3n) is 6.89. The van der Waals surface area contributed by atoms with Crippen LogP contribution in [-0.2, 0) is 21.4 Å². The molecule has 39 heavy (non-hydrogen) atoms. The number of aryl methyl sites for hydroxylation is 1. The summed E-state index contributed by atoms with van der Waals surface area (Å²) in [6.45, 7) is 7.10. The van der Waals surface area contributed by atoms with E-state index in [1.165, 1.54) is 4.31 Å². The van der Waals surface area contributed by atoms with Gasteiger partial charge in [0.25, 0.3) is 5.91 Å². The monoisotopic (exact) mass is 554 g/mol. The van der Waals surface area contributed by atoms with Gasteiger partial charge in [0.05, 0.1) is 22.2 Å². The van der Waals surface area contributed by atoms with Crippen molar-refractivity contribution in [2.24, 2.45) is 5.92 Å². The molecule has 2 heterocycles. The van der Waals surface area contributed by atoms with Gasteiger partial charge in [-0.05, 0) is 70.5 Å². The van der Waals surface area contributed by atoms with Crippen LogP contribution in [0.3, 0.4) is 0 Å². The lowest BCUT2D eigenvalue weighted by atomic mass is 9.91. The number of hydroxylamine groups is 1. The lowest BCUT2D eigenvalue weighted by molar-refractivity contribution is -0.135. The molecule has 2 amide bonds. The molecule has 1 aliphatic rings. The summed E-state index contributed by atoms with van der Waals surface area (Å²) < 4.78 is 32.2. The summed E-state index contributed by atoms with van der Waals surface area (Å²) in [7, 11) is -3.67. The van der Waals surface area contributed by atoms with Crippen molar-refractivity contribution in [1.82, 2.24) is 20.1 Å². The number of piperidine rings is 1. The average molecular weight is 555 g/mol. The Kier molecular flexibility index (Phi) is 8.24. The number of fused-ring (bicyclic) bond motifs is 1. The van der Waals surface area contributed by atoms with Crippen molar-refractivity contribution in [2.75, 3.05) is 13.1 Å². The Morgan fingerprint density at radius 1 is 1.13 bits per heavy atom. The summed E-state index contributed by atoms with van der Waals surface area (Å²) in [6, 6.07) is 15.6. The molecule has 3 N–H and O–H groups in total. The zero-order chi connectivity index (χ0) is 28.4. The molecule has 10 nitrogen and oxygen atoms in total. The third kappa shape index (κ3) is 6.21. The van der Waals surface area contributed by atoms with Crippen LogP contribution >= 0.6 is 0 Å². The summed E-state index contributed by atoms with van der Waals surface area (Å²) in [5.74, 6) is -1.35. The molecule has 4 rings (SSSR count). The van der Waals surface area contributed by atoms with Gasteiger partial charge in [0.15, 0.2) is 0 Å². The van der Waals surface area contributed by atoms with E-state index < -0.39 is 38.5 Å². The number of hydrogen-bond donors (Lipinski definition) is 3. The third-order valence-corrected chi connectivity index (χ3v) is 9.45. The van der Waals surface area contributed by atoms with Crippen LogP contribution in [0.2, 0.25) is 0 Å². The highest BCUT2D eigenvalue weighted by Gasteiger charge is 2.43. The second-order valence-electron chi connectivity index (χ2n) is 10.7. The van der Waals surface area contributed by atoms with E-state index in [0.29, 0.717) is 17.9 Å². The Morgan fingerprint density at radius 3 is 2.49 bits per heavy atom. The fourth-order valence-corrected chi connectivity index (χ4v) is 6.18. The van der Waals surface area contributed by atoms with Crippen LogP contribution < -0.4 is 15.5 Å². The highest BCUT2D eigenvalue weighted by molar-refractivity contribution is 7.90. The molecule has 0 aliphatic carbocycles. The van der Waals surface area contributed by atoms with Crippen LogP contribution in [0.1, 0.15) is 48.8 Å². The molecule has 0 saturated carbocycles. The van der Waals surface area contributed by atoms with Gasteiger partial charge in [-0.2, -0.15) is 4.31 Å². The molecule has 1 fully saturated rings. The zero-order valence-corrected chi connectivity index (χ0v) is 23.3. The molecule has 11 heteroatoms. The number of hydrogen-bond acceptors (Lipinski definition) is 7. The van der Waals surface area contributed by atoms with Gasteiger partial charge in [-0.15, -0.1) is 0 Å². The lowest BCUT2D eigenvalue weighted by Crippen LogP contribution is -2.59. The molecule has 2 aromatic carbocycles.